The van der Waals surface area contributed by atoms with Crippen molar-refractivity contribution >= 4 is 21.7 Å². The quantitative estimate of drug-likeness (QED) is 0.568. The molecule has 3 nitrogen and oxygen atoms in total. The summed E-state index contributed by atoms with van der Waals surface area (Å²) in [6.45, 7) is 0. The third kappa shape index (κ3) is 1.26. The molecule has 3 aromatic rings. The van der Waals surface area contributed by atoms with E-state index in [2.05, 4.69) is 9.97 Å². The summed E-state index contributed by atoms with van der Waals surface area (Å²) in [7, 11) is 0. The van der Waals surface area contributed by atoms with Crippen LogP contribution in [0.1, 0.15) is 0 Å². The smallest absolute Gasteiger partial charge is 0.197 e. The van der Waals surface area contributed by atoms with Gasteiger partial charge in [0.15, 0.2) is 5.43 Å². The van der Waals surface area contributed by atoms with E-state index in [0.717, 1.165) is 5.39 Å². The number of hydrogen-bond donors (Lipinski definition) is 0. The first-order chi connectivity index (χ1) is 7.86. The average molecular weight is 208 g/mol. The molecule has 1 aromatic carbocycles. The van der Waals surface area contributed by atoms with E-state index in [0.29, 0.717) is 16.3 Å². The highest BCUT2D eigenvalue weighted by molar-refractivity contribution is 5.90. The molecule has 0 aliphatic heterocycles. The summed E-state index contributed by atoms with van der Waals surface area (Å²) in [5.41, 5.74) is 0.694. The van der Waals surface area contributed by atoms with Gasteiger partial charge in [-0.3, -0.25) is 14.8 Å². The Labute approximate surface area is 91.4 Å². The third-order valence-electron chi connectivity index (χ3n) is 2.60. The van der Waals surface area contributed by atoms with E-state index >= 15 is 0 Å². The van der Waals surface area contributed by atoms with Gasteiger partial charge < -0.3 is 0 Å². The van der Waals surface area contributed by atoms with E-state index in [9.17, 15) is 4.79 Å². The predicted molar refractivity (Wildman–Crippen MR) is 63.3 cm³/mol. The molecule has 0 saturated carbocycles. The first-order valence-corrected chi connectivity index (χ1v) is 4.98. The van der Waals surface area contributed by atoms with Crippen LogP contribution in [0, 0.1) is 0 Å². The Bertz CT molecular complexity index is 676. The van der Waals surface area contributed by atoms with Crippen LogP contribution in [-0.2, 0) is 0 Å². The molecule has 16 heavy (non-hydrogen) atoms. The van der Waals surface area contributed by atoms with Gasteiger partial charge in [0.05, 0.1) is 5.52 Å². The molecule has 0 fully saturated rings. The lowest BCUT2D eigenvalue weighted by Crippen LogP contribution is -1.98. The van der Waals surface area contributed by atoms with Gasteiger partial charge in [-0.05, 0) is 29.7 Å². The van der Waals surface area contributed by atoms with Gasteiger partial charge in [-0.1, -0.05) is 6.07 Å². The van der Waals surface area contributed by atoms with E-state index in [1.165, 1.54) is 0 Å². The lowest BCUT2D eigenvalue weighted by Gasteiger charge is -1.89. The zero-order valence-electron chi connectivity index (χ0n) is 8.42. The molecule has 0 saturated heterocycles. The fourth-order valence-electron chi connectivity index (χ4n) is 1.80. The van der Waals surface area contributed by atoms with Crippen molar-refractivity contribution in [2.45, 2.75) is 0 Å². The number of fused-ring (bicyclic) bond motifs is 2. The second-order valence-electron chi connectivity index (χ2n) is 3.56. The second kappa shape index (κ2) is 3.38. The van der Waals surface area contributed by atoms with Crippen molar-refractivity contribution in [2.24, 2.45) is 0 Å². The van der Waals surface area contributed by atoms with Crippen LogP contribution in [-0.4, -0.2) is 9.97 Å². The van der Waals surface area contributed by atoms with Gasteiger partial charge in [0.25, 0.3) is 0 Å². The molecule has 0 amide bonds. The van der Waals surface area contributed by atoms with Crippen LogP contribution >= 0.6 is 0 Å². The Morgan fingerprint density at radius 1 is 0.938 bits per heavy atom. The van der Waals surface area contributed by atoms with Crippen LogP contribution in [0.3, 0.4) is 0 Å². The van der Waals surface area contributed by atoms with E-state index in [1.54, 1.807) is 30.7 Å². The van der Waals surface area contributed by atoms with Gasteiger partial charge >= 0.3 is 0 Å². The van der Waals surface area contributed by atoms with E-state index < -0.39 is 0 Å². The van der Waals surface area contributed by atoms with Gasteiger partial charge in [-0.15, -0.1) is 0 Å². The van der Waals surface area contributed by atoms with Crippen LogP contribution in [0.15, 0.2) is 53.7 Å². The van der Waals surface area contributed by atoms with Crippen LogP contribution in [0.2, 0.25) is 0 Å². The molecule has 0 atom stereocenters. The third-order valence-corrected chi connectivity index (χ3v) is 2.60. The molecule has 76 valence electrons. The molecule has 0 aliphatic rings. The van der Waals surface area contributed by atoms with Crippen molar-refractivity contribution in [2.75, 3.05) is 0 Å². The highest BCUT2D eigenvalue weighted by atomic mass is 16.1. The number of aromatic nitrogens is 2. The first-order valence-electron chi connectivity index (χ1n) is 4.98. The molecule has 2 aromatic heterocycles. The van der Waals surface area contributed by atoms with Crippen molar-refractivity contribution in [3.8, 4) is 0 Å². The fourth-order valence-corrected chi connectivity index (χ4v) is 1.80. The van der Waals surface area contributed by atoms with Crippen LogP contribution in [0.25, 0.3) is 21.7 Å². The highest BCUT2D eigenvalue weighted by Gasteiger charge is 2.01. The van der Waals surface area contributed by atoms with Crippen LogP contribution < -0.4 is 5.43 Å². The molecule has 3 heteroatoms. The summed E-state index contributed by atoms with van der Waals surface area (Å²) < 4.78 is 0. The summed E-state index contributed by atoms with van der Waals surface area (Å²) in [5.74, 6) is 0. The monoisotopic (exact) mass is 208 g/mol. The maximum atomic E-state index is 12.2. The summed E-state index contributed by atoms with van der Waals surface area (Å²) >= 11 is 0. The Balaban J connectivity index is 2.69. The topological polar surface area (TPSA) is 42.9 Å². The molecular weight excluding hydrogens is 200 g/mol. The van der Waals surface area contributed by atoms with Crippen molar-refractivity contribution in [1.29, 1.82) is 0 Å². The molecule has 0 N–H and O–H groups in total. The van der Waals surface area contributed by atoms with Crippen molar-refractivity contribution in [3.63, 3.8) is 0 Å². The van der Waals surface area contributed by atoms with E-state index in [1.807, 2.05) is 18.2 Å². The standard InChI is InChI=1S/C13H8N2O/c16-13-10-2-1-6-15-12(10)4-3-9-5-7-14-8-11(9)13/h1-8H. The minimum absolute atomic E-state index is 0.0174. The first kappa shape index (κ1) is 8.97. The Hall–Kier alpha value is -2.29. The minimum Gasteiger partial charge on any atom is -0.288 e. The maximum absolute atomic E-state index is 12.2. The largest absolute Gasteiger partial charge is 0.288 e. The van der Waals surface area contributed by atoms with Gasteiger partial charge in [-0.2, -0.15) is 0 Å². The summed E-state index contributed by atoms with van der Waals surface area (Å²) in [5, 5.41) is 2.15. The van der Waals surface area contributed by atoms with Gasteiger partial charge in [0.1, 0.15) is 0 Å². The van der Waals surface area contributed by atoms with E-state index in [-0.39, 0.29) is 5.43 Å². The average Bonchev–Trinajstić information content (AvgIpc) is 2.49. The Kier molecular flexibility index (Phi) is 1.90. The zero-order valence-corrected chi connectivity index (χ0v) is 8.42. The maximum Gasteiger partial charge on any atom is 0.197 e. The second-order valence-corrected chi connectivity index (χ2v) is 3.56. The molecule has 0 bridgehead atoms. The molecule has 0 spiro atoms. The van der Waals surface area contributed by atoms with Crippen molar-refractivity contribution in [1.82, 2.24) is 9.97 Å². The molecule has 3 rings (SSSR count). The van der Waals surface area contributed by atoms with Gasteiger partial charge in [-0.25, -0.2) is 0 Å². The lowest BCUT2D eigenvalue weighted by atomic mass is 10.2. The molecule has 0 unspecified atom stereocenters. The molecule has 0 aliphatic carbocycles. The number of nitrogens with zero attached hydrogens (tertiary/aromatic N) is 2. The number of pyridine rings is 2. The zero-order chi connectivity index (χ0) is 11.0. The highest BCUT2D eigenvalue weighted by Crippen LogP contribution is 2.11. The SMILES string of the molecule is O=c1c2cnccc2ccc2ncccc12. The summed E-state index contributed by atoms with van der Waals surface area (Å²) in [6.07, 6.45) is 4.97. The van der Waals surface area contributed by atoms with Gasteiger partial charge in [0, 0.05) is 29.4 Å². The fraction of sp³-hybridized carbons (Fsp3) is 0. The summed E-state index contributed by atoms with van der Waals surface area (Å²) in [4.78, 5) is 20.4. The van der Waals surface area contributed by atoms with Crippen molar-refractivity contribution < 1.29 is 0 Å². The molecule has 2 heterocycles. The van der Waals surface area contributed by atoms with Gasteiger partial charge in [0.2, 0.25) is 0 Å². The van der Waals surface area contributed by atoms with Crippen LogP contribution in [0.5, 0.6) is 0 Å². The summed E-state index contributed by atoms with van der Waals surface area (Å²) in [6, 6.07) is 9.14. The normalized spacial score (nSPS) is 10.8. The number of rotatable bonds is 0. The molecule has 0 radical (unpaired) electrons. The predicted octanol–water partition coefficient (Wildman–Crippen LogP) is 2.14. The lowest BCUT2D eigenvalue weighted by molar-refractivity contribution is 1.36. The minimum atomic E-state index is -0.0174. The van der Waals surface area contributed by atoms with Crippen molar-refractivity contribution in [3.05, 3.63) is 59.1 Å². The molecular formula is C13H8N2O. The van der Waals surface area contributed by atoms with Crippen LogP contribution in [0.4, 0.5) is 0 Å². The Morgan fingerprint density at radius 3 is 2.81 bits per heavy atom. The number of hydrogen-bond acceptors (Lipinski definition) is 3. The Morgan fingerprint density at radius 2 is 1.88 bits per heavy atom. The van der Waals surface area contributed by atoms with E-state index in [4.69, 9.17) is 0 Å².